The Hall–Kier alpha value is -3.01. The Bertz CT molecular complexity index is 1080. The van der Waals surface area contributed by atoms with Gasteiger partial charge in [-0.1, -0.05) is 29.9 Å². The summed E-state index contributed by atoms with van der Waals surface area (Å²) >= 11 is 0. The van der Waals surface area contributed by atoms with E-state index in [1.807, 2.05) is 37.3 Å². The number of nitrogens with one attached hydrogen (secondary N) is 1. The lowest BCUT2D eigenvalue weighted by Crippen LogP contribution is -2.11. The van der Waals surface area contributed by atoms with Gasteiger partial charge in [-0.2, -0.15) is 0 Å². The normalized spacial score (nSPS) is 11.4. The second-order valence-corrected chi connectivity index (χ2v) is 6.92. The maximum absolute atomic E-state index is 11.7. The van der Waals surface area contributed by atoms with Crippen molar-refractivity contribution in [3.05, 3.63) is 74.7 Å². The first-order valence-corrected chi connectivity index (χ1v) is 8.68. The molecular formula is C22H24N2O2. The fourth-order valence-corrected chi connectivity index (χ4v) is 3.09. The molecule has 2 aromatic carbocycles. The maximum atomic E-state index is 11.7. The molecule has 0 aliphatic rings. The van der Waals surface area contributed by atoms with Gasteiger partial charge in [-0.15, -0.1) is 0 Å². The average Bonchev–Trinajstić information content (AvgIpc) is 2.86. The molecule has 134 valence electrons. The highest BCUT2D eigenvalue weighted by Gasteiger charge is 2.06. The van der Waals surface area contributed by atoms with E-state index in [1.54, 1.807) is 23.7 Å². The van der Waals surface area contributed by atoms with Gasteiger partial charge in [0, 0.05) is 7.05 Å². The Labute approximate surface area is 153 Å². The standard InChI is InChI=1S/C22H24N2O2/c1-14(2)5-9-19-15(3)11-18(25)13-17(19)8-6-16-7-10-20-21(12-16)24(4)22(26)23-20/h5-8,10-13,25H,9H2,1-4H3,(H,23,26)/b8-6+. The fourth-order valence-electron chi connectivity index (χ4n) is 3.09. The minimum absolute atomic E-state index is 0.117. The lowest BCUT2D eigenvalue weighted by atomic mass is 9.96. The van der Waals surface area contributed by atoms with Gasteiger partial charge in [0.15, 0.2) is 0 Å². The summed E-state index contributed by atoms with van der Waals surface area (Å²) in [5.41, 5.74) is 7.13. The first kappa shape index (κ1) is 17.8. The first-order chi connectivity index (χ1) is 12.3. The van der Waals surface area contributed by atoms with Crippen molar-refractivity contribution >= 4 is 23.2 Å². The van der Waals surface area contributed by atoms with Crippen LogP contribution in [0, 0.1) is 6.92 Å². The summed E-state index contributed by atoms with van der Waals surface area (Å²) in [6.45, 7) is 6.19. The third-order valence-electron chi connectivity index (χ3n) is 4.59. The molecule has 0 amide bonds. The lowest BCUT2D eigenvalue weighted by Gasteiger charge is -2.10. The summed E-state index contributed by atoms with van der Waals surface area (Å²) < 4.78 is 1.60. The highest BCUT2D eigenvalue weighted by Crippen LogP contribution is 2.25. The second-order valence-electron chi connectivity index (χ2n) is 6.92. The number of H-pyrrole nitrogens is 1. The molecule has 26 heavy (non-hydrogen) atoms. The van der Waals surface area contributed by atoms with Crippen LogP contribution in [-0.2, 0) is 13.5 Å². The predicted molar refractivity (Wildman–Crippen MR) is 108 cm³/mol. The molecule has 1 heterocycles. The molecule has 0 radical (unpaired) electrons. The van der Waals surface area contributed by atoms with Crippen LogP contribution in [0.4, 0.5) is 0 Å². The van der Waals surface area contributed by atoms with Crippen LogP contribution in [0.15, 0.2) is 46.8 Å². The number of fused-ring (bicyclic) bond motifs is 1. The Morgan fingerprint density at radius 1 is 1.19 bits per heavy atom. The van der Waals surface area contributed by atoms with Crippen molar-refractivity contribution in [2.45, 2.75) is 27.2 Å². The van der Waals surface area contributed by atoms with Crippen LogP contribution >= 0.6 is 0 Å². The van der Waals surface area contributed by atoms with Crippen molar-refractivity contribution in [1.82, 2.24) is 9.55 Å². The zero-order valence-corrected chi connectivity index (χ0v) is 15.6. The minimum Gasteiger partial charge on any atom is -0.508 e. The number of aromatic nitrogens is 2. The number of aromatic hydroxyl groups is 1. The first-order valence-electron chi connectivity index (χ1n) is 8.68. The number of benzene rings is 2. The van der Waals surface area contributed by atoms with Crippen molar-refractivity contribution in [1.29, 1.82) is 0 Å². The van der Waals surface area contributed by atoms with Gasteiger partial charge in [0.2, 0.25) is 0 Å². The molecule has 1 aromatic heterocycles. The molecule has 2 N–H and O–H groups in total. The summed E-state index contributed by atoms with van der Waals surface area (Å²) in [4.78, 5) is 14.6. The summed E-state index contributed by atoms with van der Waals surface area (Å²) in [6.07, 6.45) is 7.06. The van der Waals surface area contributed by atoms with Gasteiger partial charge < -0.3 is 10.1 Å². The zero-order chi connectivity index (χ0) is 18.8. The summed E-state index contributed by atoms with van der Waals surface area (Å²) in [6, 6.07) is 9.46. The van der Waals surface area contributed by atoms with E-state index < -0.39 is 0 Å². The maximum Gasteiger partial charge on any atom is 0.326 e. The van der Waals surface area contributed by atoms with Gasteiger partial charge in [0.1, 0.15) is 5.75 Å². The number of rotatable bonds is 4. The summed E-state index contributed by atoms with van der Waals surface area (Å²) in [5, 5.41) is 9.98. The van der Waals surface area contributed by atoms with E-state index in [-0.39, 0.29) is 11.4 Å². The number of nitrogens with zero attached hydrogens (tertiary/aromatic N) is 1. The molecule has 0 atom stereocenters. The minimum atomic E-state index is -0.117. The average molecular weight is 348 g/mol. The molecule has 4 heteroatoms. The van der Waals surface area contributed by atoms with E-state index >= 15 is 0 Å². The molecule has 0 aliphatic heterocycles. The van der Waals surface area contributed by atoms with Gasteiger partial charge >= 0.3 is 5.69 Å². The topological polar surface area (TPSA) is 58.0 Å². The lowest BCUT2D eigenvalue weighted by molar-refractivity contribution is 0.474. The quantitative estimate of drug-likeness (QED) is 0.536. The number of phenols is 1. The van der Waals surface area contributed by atoms with E-state index in [4.69, 9.17) is 0 Å². The number of hydrogen-bond acceptors (Lipinski definition) is 2. The van der Waals surface area contributed by atoms with E-state index in [9.17, 15) is 9.90 Å². The Kier molecular flexibility index (Phi) is 4.85. The largest absolute Gasteiger partial charge is 0.508 e. The van der Waals surface area contributed by atoms with Crippen LogP contribution < -0.4 is 5.69 Å². The molecule has 4 nitrogen and oxygen atoms in total. The number of aryl methyl sites for hydroxylation is 2. The third kappa shape index (κ3) is 3.64. The number of hydrogen-bond donors (Lipinski definition) is 2. The van der Waals surface area contributed by atoms with Gasteiger partial charge in [-0.25, -0.2) is 4.79 Å². The van der Waals surface area contributed by atoms with E-state index in [2.05, 4.69) is 24.9 Å². The van der Waals surface area contributed by atoms with Crippen molar-refractivity contribution in [2.75, 3.05) is 0 Å². The highest BCUT2D eigenvalue weighted by atomic mass is 16.3. The molecule has 0 fully saturated rings. The summed E-state index contributed by atoms with van der Waals surface area (Å²) in [7, 11) is 1.75. The second kappa shape index (κ2) is 7.08. The van der Waals surface area contributed by atoms with E-state index in [1.165, 1.54) is 11.1 Å². The smallest absolute Gasteiger partial charge is 0.326 e. The van der Waals surface area contributed by atoms with Crippen molar-refractivity contribution in [3.8, 4) is 5.75 Å². The number of aromatic amines is 1. The number of phenolic OH excluding ortho intramolecular Hbond substituents is 1. The fraction of sp³-hybridized carbons (Fsp3) is 0.227. The Morgan fingerprint density at radius 3 is 2.69 bits per heavy atom. The van der Waals surface area contributed by atoms with Gasteiger partial charge in [0.25, 0.3) is 0 Å². The third-order valence-corrected chi connectivity index (χ3v) is 4.59. The monoisotopic (exact) mass is 348 g/mol. The number of allylic oxidation sites excluding steroid dienone is 2. The summed E-state index contributed by atoms with van der Waals surface area (Å²) in [5.74, 6) is 0.270. The van der Waals surface area contributed by atoms with Crippen LogP contribution in [0.2, 0.25) is 0 Å². The van der Waals surface area contributed by atoms with Crippen molar-refractivity contribution in [2.24, 2.45) is 7.05 Å². The Balaban J connectivity index is 2.01. The van der Waals surface area contributed by atoms with Crippen LogP contribution in [0.5, 0.6) is 5.75 Å². The highest BCUT2D eigenvalue weighted by molar-refractivity contribution is 5.81. The van der Waals surface area contributed by atoms with Crippen molar-refractivity contribution in [3.63, 3.8) is 0 Å². The van der Waals surface area contributed by atoms with Crippen LogP contribution in [-0.4, -0.2) is 14.7 Å². The molecule has 0 saturated heterocycles. The Morgan fingerprint density at radius 2 is 1.96 bits per heavy atom. The van der Waals surface area contributed by atoms with Crippen LogP contribution in [0.1, 0.15) is 36.1 Å². The van der Waals surface area contributed by atoms with Gasteiger partial charge in [-0.3, -0.25) is 4.57 Å². The molecule has 3 aromatic rings. The van der Waals surface area contributed by atoms with Gasteiger partial charge in [0.05, 0.1) is 11.0 Å². The molecular weight excluding hydrogens is 324 g/mol. The molecule has 0 spiro atoms. The molecule has 0 unspecified atom stereocenters. The molecule has 0 bridgehead atoms. The van der Waals surface area contributed by atoms with Gasteiger partial charge in [-0.05, 0) is 73.7 Å². The molecule has 3 rings (SSSR count). The zero-order valence-electron chi connectivity index (χ0n) is 15.6. The molecule has 0 saturated carbocycles. The van der Waals surface area contributed by atoms with E-state index in [0.717, 1.165) is 34.1 Å². The van der Waals surface area contributed by atoms with E-state index in [0.29, 0.717) is 0 Å². The van der Waals surface area contributed by atoms with Crippen LogP contribution in [0.25, 0.3) is 23.2 Å². The predicted octanol–water partition coefficient (Wildman–Crippen LogP) is 4.56. The molecule has 0 aliphatic carbocycles. The number of imidazole rings is 1. The SMILES string of the molecule is CC(C)=CCc1c(C)cc(O)cc1/C=C/c1ccc2[nH]c(=O)n(C)c2c1. The van der Waals surface area contributed by atoms with Crippen LogP contribution in [0.3, 0.4) is 0 Å². The van der Waals surface area contributed by atoms with Crippen molar-refractivity contribution < 1.29 is 5.11 Å².